The number of carbonyl (C=O) groups excluding carboxylic acids is 2. The number of likely N-dealkylation sites (N-methyl/N-ethyl adjacent to an activating group) is 1. The predicted octanol–water partition coefficient (Wildman–Crippen LogP) is -2.14. The number of carbonyl (C=O) groups is 2. The molecule has 1 aliphatic heterocycles. The highest BCUT2D eigenvalue weighted by Gasteiger charge is 2.33. The van der Waals surface area contributed by atoms with Crippen molar-refractivity contribution in [3.63, 3.8) is 0 Å². The molecule has 1 rings (SSSR count). The van der Waals surface area contributed by atoms with Gasteiger partial charge in [-0.1, -0.05) is 0 Å². The highest BCUT2D eigenvalue weighted by Crippen LogP contribution is 2.00. The summed E-state index contributed by atoms with van der Waals surface area (Å²) in [6.45, 7) is 0.395. The molecule has 0 aromatic carbocycles. The van der Waals surface area contributed by atoms with Crippen molar-refractivity contribution in [2.24, 2.45) is 5.73 Å². The molecule has 0 aromatic heterocycles. The summed E-state index contributed by atoms with van der Waals surface area (Å²) in [5.74, 6) is -0.910. The third kappa shape index (κ3) is 0.950. The molecule has 5 nitrogen and oxygen atoms in total. The average Bonchev–Trinajstić information content (AvgIpc) is 2.11. The molecule has 56 valence electrons. The van der Waals surface area contributed by atoms with E-state index in [0.717, 1.165) is 0 Å². The van der Waals surface area contributed by atoms with Crippen LogP contribution in [0.25, 0.3) is 0 Å². The number of primary amides is 1. The molecule has 0 bridgehead atoms. The zero-order valence-corrected chi connectivity index (χ0v) is 5.63. The van der Waals surface area contributed by atoms with Gasteiger partial charge in [-0.2, -0.15) is 0 Å². The quantitative estimate of drug-likeness (QED) is 0.411. The molecule has 0 aromatic rings. The van der Waals surface area contributed by atoms with E-state index in [2.05, 4.69) is 5.32 Å². The highest BCUT2D eigenvalue weighted by molar-refractivity contribution is 6.04. The lowest BCUT2D eigenvalue weighted by molar-refractivity contribution is -0.130. The molecule has 1 saturated heterocycles. The Hall–Kier alpha value is -1.10. The van der Waals surface area contributed by atoms with E-state index in [1.807, 2.05) is 0 Å². The van der Waals surface area contributed by atoms with Crippen LogP contribution in [-0.2, 0) is 9.59 Å². The minimum atomic E-state index is -0.778. The minimum absolute atomic E-state index is 0.310. The first-order valence-electron chi connectivity index (χ1n) is 2.90. The van der Waals surface area contributed by atoms with Gasteiger partial charge in [0.15, 0.2) is 6.04 Å². The standard InChI is InChI=1S/C5H9N3O2/c1-8-2-7-5(10)3(8)4(6)9/h3H,2H2,1H3,(H2,6,9)(H,7,10)/t3-/m0/s1. The van der Waals surface area contributed by atoms with Crippen molar-refractivity contribution < 1.29 is 9.59 Å². The van der Waals surface area contributed by atoms with Gasteiger partial charge in [-0.25, -0.2) is 0 Å². The van der Waals surface area contributed by atoms with E-state index in [1.54, 1.807) is 11.9 Å². The van der Waals surface area contributed by atoms with Gasteiger partial charge in [0.2, 0.25) is 11.8 Å². The monoisotopic (exact) mass is 143 g/mol. The molecular formula is C5H9N3O2. The number of nitrogens with zero attached hydrogens (tertiary/aromatic N) is 1. The lowest BCUT2D eigenvalue weighted by Crippen LogP contribution is -2.42. The van der Waals surface area contributed by atoms with Crippen molar-refractivity contribution >= 4 is 11.8 Å². The average molecular weight is 143 g/mol. The van der Waals surface area contributed by atoms with Gasteiger partial charge in [0.05, 0.1) is 6.67 Å². The van der Waals surface area contributed by atoms with Crippen LogP contribution < -0.4 is 11.1 Å². The summed E-state index contributed by atoms with van der Waals surface area (Å²) in [6, 6.07) is -0.778. The van der Waals surface area contributed by atoms with E-state index in [1.165, 1.54) is 0 Å². The van der Waals surface area contributed by atoms with Crippen molar-refractivity contribution in [1.29, 1.82) is 0 Å². The SMILES string of the molecule is CN1CNC(=O)[C@@H]1C(N)=O. The topological polar surface area (TPSA) is 75.4 Å². The second-order valence-corrected chi connectivity index (χ2v) is 2.26. The molecule has 5 heteroatoms. The zero-order chi connectivity index (χ0) is 7.72. The van der Waals surface area contributed by atoms with Gasteiger partial charge < -0.3 is 11.1 Å². The van der Waals surface area contributed by atoms with Crippen LogP contribution in [0.1, 0.15) is 0 Å². The first kappa shape index (κ1) is 7.01. The molecule has 1 aliphatic rings. The van der Waals surface area contributed by atoms with Crippen LogP contribution in [0.15, 0.2) is 0 Å². The van der Waals surface area contributed by atoms with Crippen LogP contribution in [0, 0.1) is 0 Å². The van der Waals surface area contributed by atoms with Crippen LogP contribution in [0.2, 0.25) is 0 Å². The Balaban J connectivity index is 2.72. The molecule has 0 spiro atoms. The maximum absolute atomic E-state index is 10.8. The van der Waals surface area contributed by atoms with Gasteiger partial charge >= 0.3 is 0 Å². The fraction of sp³-hybridized carbons (Fsp3) is 0.600. The van der Waals surface area contributed by atoms with Gasteiger partial charge in [0.25, 0.3) is 0 Å². The molecule has 1 fully saturated rings. The van der Waals surface area contributed by atoms with E-state index in [-0.39, 0.29) is 5.91 Å². The van der Waals surface area contributed by atoms with Gasteiger partial charge in [0.1, 0.15) is 0 Å². The molecule has 0 unspecified atom stereocenters. The number of rotatable bonds is 1. The minimum Gasteiger partial charge on any atom is -0.368 e. The Morgan fingerprint density at radius 1 is 1.90 bits per heavy atom. The van der Waals surface area contributed by atoms with Gasteiger partial charge in [-0.15, -0.1) is 0 Å². The van der Waals surface area contributed by atoms with E-state index in [4.69, 9.17) is 5.73 Å². The third-order valence-corrected chi connectivity index (χ3v) is 1.46. The molecule has 1 atom stereocenters. The number of amides is 2. The smallest absolute Gasteiger partial charge is 0.248 e. The Morgan fingerprint density at radius 2 is 2.50 bits per heavy atom. The number of hydrogen-bond donors (Lipinski definition) is 2. The highest BCUT2D eigenvalue weighted by atomic mass is 16.2. The molecule has 10 heavy (non-hydrogen) atoms. The first-order chi connectivity index (χ1) is 4.63. The van der Waals surface area contributed by atoms with Gasteiger partial charge in [-0.05, 0) is 7.05 Å². The van der Waals surface area contributed by atoms with Crippen LogP contribution in [0.3, 0.4) is 0 Å². The summed E-state index contributed by atoms with van der Waals surface area (Å²) < 4.78 is 0. The largest absolute Gasteiger partial charge is 0.368 e. The normalized spacial score (nSPS) is 26.5. The van der Waals surface area contributed by atoms with Gasteiger partial charge in [-0.3, -0.25) is 14.5 Å². The molecule has 0 radical (unpaired) electrons. The molecule has 3 N–H and O–H groups in total. The van der Waals surface area contributed by atoms with E-state index in [9.17, 15) is 9.59 Å². The lowest BCUT2D eigenvalue weighted by Gasteiger charge is -2.10. The Bertz CT molecular complexity index is 180. The fourth-order valence-corrected chi connectivity index (χ4v) is 0.937. The van der Waals surface area contributed by atoms with Crippen LogP contribution in [0.4, 0.5) is 0 Å². The third-order valence-electron chi connectivity index (χ3n) is 1.46. The second kappa shape index (κ2) is 2.26. The van der Waals surface area contributed by atoms with Gasteiger partial charge in [0, 0.05) is 0 Å². The summed E-state index contributed by atoms with van der Waals surface area (Å²) >= 11 is 0. The van der Waals surface area contributed by atoms with Crippen LogP contribution in [0.5, 0.6) is 0 Å². The number of nitrogens with one attached hydrogen (secondary N) is 1. The Labute approximate surface area is 58.2 Å². The molecule has 1 heterocycles. The maximum Gasteiger partial charge on any atom is 0.248 e. The zero-order valence-electron chi connectivity index (χ0n) is 5.63. The molecule has 0 saturated carbocycles. The summed E-state index contributed by atoms with van der Waals surface area (Å²) in [5.41, 5.74) is 4.94. The molecular weight excluding hydrogens is 134 g/mol. The summed E-state index contributed by atoms with van der Waals surface area (Å²) in [7, 11) is 1.66. The van der Waals surface area contributed by atoms with E-state index >= 15 is 0 Å². The maximum atomic E-state index is 10.8. The van der Waals surface area contributed by atoms with Crippen LogP contribution >= 0.6 is 0 Å². The van der Waals surface area contributed by atoms with E-state index in [0.29, 0.717) is 6.67 Å². The van der Waals surface area contributed by atoms with Crippen molar-refractivity contribution in [2.45, 2.75) is 6.04 Å². The van der Waals surface area contributed by atoms with Crippen molar-refractivity contribution in [1.82, 2.24) is 10.2 Å². The fourth-order valence-electron chi connectivity index (χ4n) is 0.937. The molecule has 2 amide bonds. The summed E-state index contributed by atoms with van der Waals surface area (Å²) in [4.78, 5) is 22.9. The van der Waals surface area contributed by atoms with Crippen LogP contribution in [-0.4, -0.2) is 36.5 Å². The number of nitrogens with two attached hydrogens (primary N) is 1. The van der Waals surface area contributed by atoms with Crippen molar-refractivity contribution in [3.8, 4) is 0 Å². The Morgan fingerprint density at radius 3 is 2.70 bits per heavy atom. The number of hydrogen-bond acceptors (Lipinski definition) is 3. The molecule has 0 aliphatic carbocycles. The van der Waals surface area contributed by atoms with E-state index < -0.39 is 11.9 Å². The van der Waals surface area contributed by atoms with Crippen molar-refractivity contribution in [3.05, 3.63) is 0 Å². The predicted molar refractivity (Wildman–Crippen MR) is 33.8 cm³/mol. The summed E-state index contributed by atoms with van der Waals surface area (Å²) in [5, 5.41) is 2.49. The lowest BCUT2D eigenvalue weighted by atomic mass is 10.3. The summed E-state index contributed by atoms with van der Waals surface area (Å²) in [6.07, 6.45) is 0. The first-order valence-corrected chi connectivity index (χ1v) is 2.90. The van der Waals surface area contributed by atoms with Crippen molar-refractivity contribution in [2.75, 3.05) is 13.7 Å². The Kier molecular flexibility index (Phi) is 1.58. The second-order valence-electron chi connectivity index (χ2n) is 2.26.